The van der Waals surface area contributed by atoms with Crippen LogP contribution in [0.25, 0.3) is 28.0 Å². The number of methoxy groups -OCH3 is 1. The molecule has 2 aromatic carbocycles. The Hall–Kier alpha value is -4.13. The van der Waals surface area contributed by atoms with Crippen LogP contribution in [0, 0.1) is 0 Å². The average Bonchev–Trinajstić information content (AvgIpc) is 3.21. The molecule has 0 bridgehead atoms. The number of nitrogens with zero attached hydrogens (tertiary/aromatic N) is 2. The highest BCUT2D eigenvalue weighted by atomic mass is 16.5. The van der Waals surface area contributed by atoms with Crippen molar-refractivity contribution in [2.24, 2.45) is 0 Å². The lowest BCUT2D eigenvalue weighted by molar-refractivity contribution is -0.135. The molecule has 2 heterocycles. The van der Waals surface area contributed by atoms with E-state index in [4.69, 9.17) is 4.74 Å². The fourth-order valence-corrected chi connectivity index (χ4v) is 3.21. The number of imidazole rings is 1. The zero-order chi connectivity index (χ0) is 20.9. The summed E-state index contributed by atoms with van der Waals surface area (Å²) in [6, 6.07) is 19.3. The second-order valence-corrected chi connectivity index (χ2v) is 6.55. The van der Waals surface area contributed by atoms with Crippen LogP contribution in [0.3, 0.4) is 0 Å². The minimum atomic E-state index is -0.404. The van der Waals surface area contributed by atoms with Crippen LogP contribution in [0.1, 0.15) is 0 Å². The van der Waals surface area contributed by atoms with Gasteiger partial charge in [-0.1, -0.05) is 24.3 Å². The molecule has 0 aliphatic heterocycles. The van der Waals surface area contributed by atoms with Crippen LogP contribution in [0.4, 0.5) is 5.69 Å². The van der Waals surface area contributed by atoms with Gasteiger partial charge in [0.15, 0.2) is 6.61 Å². The molecule has 0 spiro atoms. The Morgan fingerprint density at radius 3 is 2.63 bits per heavy atom. The SMILES string of the molecule is COc1ccc(-c2ccc3ncc(-c4cccc(NC(=O)COC=O)c4)n3c2)cc1. The summed E-state index contributed by atoms with van der Waals surface area (Å²) in [5, 5.41) is 2.71. The largest absolute Gasteiger partial charge is 0.497 e. The molecule has 7 nitrogen and oxygen atoms in total. The summed E-state index contributed by atoms with van der Waals surface area (Å²) < 4.78 is 11.7. The summed E-state index contributed by atoms with van der Waals surface area (Å²) in [4.78, 5) is 26.5. The molecule has 2 aromatic heterocycles. The maximum atomic E-state index is 11.8. The zero-order valence-electron chi connectivity index (χ0n) is 16.2. The number of hydrogen-bond donors (Lipinski definition) is 1. The third-order valence-corrected chi connectivity index (χ3v) is 4.65. The van der Waals surface area contributed by atoms with E-state index < -0.39 is 5.91 Å². The van der Waals surface area contributed by atoms with Crippen molar-refractivity contribution in [3.05, 3.63) is 73.1 Å². The van der Waals surface area contributed by atoms with Gasteiger partial charge in [-0.05, 0) is 47.5 Å². The zero-order valence-corrected chi connectivity index (χ0v) is 16.2. The van der Waals surface area contributed by atoms with E-state index in [9.17, 15) is 9.59 Å². The minimum Gasteiger partial charge on any atom is -0.497 e. The summed E-state index contributed by atoms with van der Waals surface area (Å²) in [6.45, 7) is -0.0800. The van der Waals surface area contributed by atoms with Crippen LogP contribution in [0.2, 0.25) is 0 Å². The molecule has 7 heteroatoms. The molecular weight excluding hydrogens is 382 g/mol. The molecule has 0 atom stereocenters. The summed E-state index contributed by atoms with van der Waals surface area (Å²) >= 11 is 0. The Bertz CT molecular complexity index is 1200. The lowest BCUT2D eigenvalue weighted by Gasteiger charge is -2.09. The molecule has 150 valence electrons. The number of carbonyl (C=O) groups excluding carboxylic acids is 2. The van der Waals surface area contributed by atoms with E-state index in [0.29, 0.717) is 5.69 Å². The Morgan fingerprint density at radius 2 is 1.87 bits per heavy atom. The molecule has 0 saturated heterocycles. The number of pyridine rings is 1. The normalized spacial score (nSPS) is 10.6. The molecule has 30 heavy (non-hydrogen) atoms. The number of benzene rings is 2. The quantitative estimate of drug-likeness (QED) is 0.477. The summed E-state index contributed by atoms with van der Waals surface area (Å²) in [7, 11) is 1.64. The summed E-state index contributed by atoms with van der Waals surface area (Å²) in [5.74, 6) is 0.403. The molecule has 0 aliphatic carbocycles. The number of aromatic nitrogens is 2. The molecule has 0 fully saturated rings. The predicted molar refractivity (Wildman–Crippen MR) is 113 cm³/mol. The van der Waals surface area contributed by atoms with Crippen LogP contribution in [0.15, 0.2) is 73.1 Å². The van der Waals surface area contributed by atoms with Gasteiger partial charge in [0, 0.05) is 17.4 Å². The Kier molecular flexibility index (Phi) is 5.43. The van der Waals surface area contributed by atoms with Crippen LogP contribution in [0.5, 0.6) is 5.75 Å². The van der Waals surface area contributed by atoms with Gasteiger partial charge < -0.3 is 14.8 Å². The molecule has 4 rings (SSSR count). The molecule has 1 N–H and O–H groups in total. The molecule has 0 saturated carbocycles. The first-order valence-corrected chi connectivity index (χ1v) is 9.25. The van der Waals surface area contributed by atoms with Crippen LogP contribution < -0.4 is 10.1 Å². The van der Waals surface area contributed by atoms with Crippen molar-refractivity contribution in [1.29, 1.82) is 0 Å². The number of anilines is 1. The van der Waals surface area contributed by atoms with Crippen molar-refractivity contribution >= 4 is 23.7 Å². The number of rotatable bonds is 7. The molecule has 0 unspecified atom stereocenters. The topological polar surface area (TPSA) is 81.9 Å². The van der Waals surface area contributed by atoms with E-state index in [1.54, 1.807) is 19.4 Å². The molecule has 0 radical (unpaired) electrons. The number of fused-ring (bicyclic) bond motifs is 1. The fourth-order valence-electron chi connectivity index (χ4n) is 3.21. The van der Waals surface area contributed by atoms with E-state index in [1.165, 1.54) is 0 Å². The number of hydrogen-bond acceptors (Lipinski definition) is 5. The van der Waals surface area contributed by atoms with E-state index in [-0.39, 0.29) is 13.1 Å². The fraction of sp³-hybridized carbons (Fsp3) is 0.0870. The van der Waals surface area contributed by atoms with Crippen LogP contribution in [-0.2, 0) is 14.3 Å². The Morgan fingerprint density at radius 1 is 1.07 bits per heavy atom. The maximum absolute atomic E-state index is 11.8. The summed E-state index contributed by atoms with van der Waals surface area (Å²) in [6.07, 6.45) is 3.83. The number of nitrogens with one attached hydrogen (secondary N) is 1. The first-order valence-electron chi connectivity index (χ1n) is 9.25. The third kappa shape index (κ3) is 4.00. The minimum absolute atomic E-state index is 0.245. The highest BCUT2D eigenvalue weighted by Crippen LogP contribution is 2.27. The van der Waals surface area contributed by atoms with Crippen molar-refractivity contribution in [2.75, 3.05) is 19.0 Å². The van der Waals surface area contributed by atoms with Gasteiger partial charge in [0.1, 0.15) is 11.4 Å². The van der Waals surface area contributed by atoms with Crippen LogP contribution >= 0.6 is 0 Å². The van der Waals surface area contributed by atoms with Gasteiger partial charge in [0.2, 0.25) is 0 Å². The third-order valence-electron chi connectivity index (χ3n) is 4.65. The van der Waals surface area contributed by atoms with Crippen molar-refractivity contribution in [3.8, 4) is 28.1 Å². The molecule has 1 amide bonds. The van der Waals surface area contributed by atoms with Gasteiger partial charge >= 0.3 is 0 Å². The van der Waals surface area contributed by atoms with Crippen molar-refractivity contribution in [1.82, 2.24) is 9.38 Å². The molecule has 0 aliphatic rings. The number of amides is 1. The van der Waals surface area contributed by atoms with E-state index in [1.807, 2.05) is 65.2 Å². The maximum Gasteiger partial charge on any atom is 0.293 e. The van der Waals surface area contributed by atoms with E-state index in [0.717, 1.165) is 33.8 Å². The van der Waals surface area contributed by atoms with Gasteiger partial charge in [-0.2, -0.15) is 0 Å². The summed E-state index contributed by atoms with van der Waals surface area (Å²) in [5.41, 5.74) is 5.31. The second-order valence-electron chi connectivity index (χ2n) is 6.55. The molecule has 4 aromatic rings. The molecular formula is C23H19N3O4. The number of carbonyl (C=O) groups is 2. The number of ether oxygens (including phenoxy) is 2. The Labute approximate surface area is 172 Å². The smallest absolute Gasteiger partial charge is 0.293 e. The van der Waals surface area contributed by atoms with Gasteiger partial charge in [-0.25, -0.2) is 4.98 Å². The van der Waals surface area contributed by atoms with Gasteiger partial charge in [-0.3, -0.25) is 14.0 Å². The van der Waals surface area contributed by atoms with Crippen molar-refractivity contribution < 1.29 is 19.1 Å². The second kappa shape index (κ2) is 8.48. The highest BCUT2D eigenvalue weighted by Gasteiger charge is 2.10. The first-order chi connectivity index (χ1) is 14.7. The highest BCUT2D eigenvalue weighted by molar-refractivity contribution is 5.92. The van der Waals surface area contributed by atoms with Crippen molar-refractivity contribution in [2.45, 2.75) is 0 Å². The van der Waals surface area contributed by atoms with Crippen LogP contribution in [-0.4, -0.2) is 35.5 Å². The Balaban J connectivity index is 1.66. The van der Waals surface area contributed by atoms with E-state index >= 15 is 0 Å². The van der Waals surface area contributed by atoms with Gasteiger partial charge in [0.05, 0.1) is 19.0 Å². The van der Waals surface area contributed by atoms with Gasteiger partial charge in [-0.15, -0.1) is 0 Å². The lowest BCUT2D eigenvalue weighted by Crippen LogP contribution is -2.17. The average molecular weight is 401 g/mol. The lowest BCUT2D eigenvalue weighted by atomic mass is 10.1. The van der Waals surface area contributed by atoms with Gasteiger partial charge in [0.25, 0.3) is 12.4 Å². The van der Waals surface area contributed by atoms with Crippen molar-refractivity contribution in [3.63, 3.8) is 0 Å². The monoisotopic (exact) mass is 401 g/mol. The standard InChI is InChI=1S/C23H19N3O4/c1-29-20-8-5-16(6-9-20)18-7-10-22-24-12-21(26(22)13-18)17-3-2-4-19(11-17)25-23(28)14-30-15-27/h2-13,15H,14H2,1H3,(H,25,28). The first kappa shape index (κ1) is 19.2. The van der Waals surface area contributed by atoms with E-state index in [2.05, 4.69) is 15.0 Å². The predicted octanol–water partition coefficient (Wildman–Crippen LogP) is 3.79.